The lowest BCUT2D eigenvalue weighted by Gasteiger charge is -2.05. The van der Waals surface area contributed by atoms with Gasteiger partial charge in [0.1, 0.15) is 0 Å². The van der Waals surface area contributed by atoms with Crippen molar-refractivity contribution in [2.24, 2.45) is 0 Å². The van der Waals surface area contributed by atoms with Crippen LogP contribution >= 0.6 is 24.8 Å². The van der Waals surface area contributed by atoms with Gasteiger partial charge in [0.05, 0.1) is 4.88 Å². The fourth-order valence-corrected chi connectivity index (χ4v) is 1.37. The zero-order valence-electron chi connectivity index (χ0n) is 7.13. The molecule has 12 heavy (non-hydrogen) atoms. The minimum atomic E-state index is 0. The number of hydrogen-bond acceptors (Lipinski definition) is 2. The number of hydrogen-bond donors (Lipinski definition) is 1. The maximum atomic E-state index is 11.2. The SMILES string of the molecule is CC(C)NC(=O)c1cccs1.S. The molecule has 0 bridgehead atoms. The molecule has 0 saturated heterocycles. The van der Waals surface area contributed by atoms with E-state index >= 15 is 0 Å². The maximum absolute atomic E-state index is 11.2. The third-order valence-corrected chi connectivity index (χ3v) is 2.03. The van der Waals surface area contributed by atoms with Gasteiger partial charge < -0.3 is 5.32 Å². The van der Waals surface area contributed by atoms with Crippen LogP contribution in [-0.2, 0) is 0 Å². The zero-order valence-corrected chi connectivity index (χ0v) is 8.94. The van der Waals surface area contributed by atoms with Gasteiger partial charge in [-0.2, -0.15) is 13.5 Å². The van der Waals surface area contributed by atoms with Crippen LogP contribution in [0.25, 0.3) is 0 Å². The Bertz CT molecular complexity index is 231. The van der Waals surface area contributed by atoms with Gasteiger partial charge in [-0.25, -0.2) is 0 Å². The van der Waals surface area contributed by atoms with Gasteiger partial charge in [-0.05, 0) is 25.3 Å². The molecule has 0 spiro atoms. The highest BCUT2D eigenvalue weighted by Crippen LogP contribution is 2.07. The smallest absolute Gasteiger partial charge is 0.261 e. The van der Waals surface area contributed by atoms with E-state index in [1.807, 2.05) is 31.4 Å². The van der Waals surface area contributed by atoms with Crippen LogP contribution in [0.15, 0.2) is 17.5 Å². The van der Waals surface area contributed by atoms with Gasteiger partial charge in [0, 0.05) is 6.04 Å². The van der Waals surface area contributed by atoms with E-state index in [4.69, 9.17) is 0 Å². The monoisotopic (exact) mass is 203 g/mol. The molecule has 4 heteroatoms. The van der Waals surface area contributed by atoms with Crippen molar-refractivity contribution in [3.05, 3.63) is 22.4 Å². The summed E-state index contributed by atoms with van der Waals surface area (Å²) < 4.78 is 0. The molecular weight excluding hydrogens is 190 g/mol. The molecule has 0 aliphatic heterocycles. The van der Waals surface area contributed by atoms with Crippen molar-refractivity contribution in [1.82, 2.24) is 5.32 Å². The molecular formula is C8H13NOS2. The molecule has 0 aromatic carbocycles. The Morgan fingerprint density at radius 3 is 2.67 bits per heavy atom. The highest BCUT2D eigenvalue weighted by atomic mass is 32.1. The van der Waals surface area contributed by atoms with E-state index in [-0.39, 0.29) is 25.4 Å². The predicted octanol–water partition coefficient (Wildman–Crippen LogP) is 2.00. The largest absolute Gasteiger partial charge is 0.349 e. The topological polar surface area (TPSA) is 29.1 Å². The van der Waals surface area contributed by atoms with Crippen molar-refractivity contribution >= 4 is 30.7 Å². The first kappa shape index (κ1) is 11.5. The Morgan fingerprint density at radius 2 is 2.25 bits per heavy atom. The number of nitrogens with one attached hydrogen (secondary N) is 1. The molecule has 0 saturated carbocycles. The lowest BCUT2D eigenvalue weighted by molar-refractivity contribution is 0.0947. The number of carbonyl (C=O) groups excluding carboxylic acids is 1. The number of thiophene rings is 1. The Labute approximate surface area is 83.4 Å². The molecule has 1 heterocycles. The van der Waals surface area contributed by atoms with Crippen molar-refractivity contribution in [3.63, 3.8) is 0 Å². The van der Waals surface area contributed by atoms with Crippen LogP contribution in [0.5, 0.6) is 0 Å². The molecule has 0 fully saturated rings. The first-order valence-corrected chi connectivity index (χ1v) is 4.42. The lowest BCUT2D eigenvalue weighted by Crippen LogP contribution is -2.29. The van der Waals surface area contributed by atoms with Gasteiger partial charge in [-0.15, -0.1) is 11.3 Å². The summed E-state index contributed by atoms with van der Waals surface area (Å²) in [6, 6.07) is 3.91. The van der Waals surface area contributed by atoms with E-state index in [2.05, 4.69) is 5.32 Å². The Morgan fingerprint density at radius 1 is 1.58 bits per heavy atom. The van der Waals surface area contributed by atoms with Gasteiger partial charge in [0.2, 0.25) is 0 Å². The quantitative estimate of drug-likeness (QED) is 0.782. The van der Waals surface area contributed by atoms with Crippen molar-refractivity contribution < 1.29 is 4.79 Å². The molecule has 1 N–H and O–H groups in total. The van der Waals surface area contributed by atoms with Crippen LogP contribution in [0.4, 0.5) is 0 Å². The molecule has 2 nitrogen and oxygen atoms in total. The van der Waals surface area contributed by atoms with Gasteiger partial charge in [0.15, 0.2) is 0 Å². The lowest BCUT2D eigenvalue weighted by atomic mass is 10.3. The number of rotatable bonds is 2. The maximum Gasteiger partial charge on any atom is 0.261 e. The van der Waals surface area contributed by atoms with Crippen LogP contribution in [0.3, 0.4) is 0 Å². The van der Waals surface area contributed by atoms with E-state index in [0.29, 0.717) is 0 Å². The minimum Gasteiger partial charge on any atom is -0.349 e. The zero-order chi connectivity index (χ0) is 8.27. The molecule has 0 atom stereocenters. The molecule has 1 rings (SSSR count). The fourth-order valence-electron chi connectivity index (χ4n) is 0.741. The Hall–Kier alpha value is -0.480. The van der Waals surface area contributed by atoms with E-state index in [9.17, 15) is 4.79 Å². The number of carbonyl (C=O) groups is 1. The molecule has 1 aromatic heterocycles. The van der Waals surface area contributed by atoms with Crippen LogP contribution < -0.4 is 5.32 Å². The summed E-state index contributed by atoms with van der Waals surface area (Å²) in [6.45, 7) is 3.90. The molecule has 0 unspecified atom stereocenters. The second-order valence-corrected chi connectivity index (χ2v) is 3.55. The van der Waals surface area contributed by atoms with Crippen LogP contribution in [0, 0.1) is 0 Å². The summed E-state index contributed by atoms with van der Waals surface area (Å²) in [6.07, 6.45) is 0. The van der Waals surface area contributed by atoms with Gasteiger partial charge in [-0.3, -0.25) is 4.79 Å². The summed E-state index contributed by atoms with van der Waals surface area (Å²) in [7, 11) is 0. The molecule has 0 aliphatic rings. The molecule has 1 aromatic rings. The molecule has 0 aliphatic carbocycles. The van der Waals surface area contributed by atoms with E-state index < -0.39 is 0 Å². The molecule has 0 radical (unpaired) electrons. The van der Waals surface area contributed by atoms with Gasteiger partial charge in [-0.1, -0.05) is 6.07 Å². The van der Waals surface area contributed by atoms with Crippen molar-refractivity contribution in [2.45, 2.75) is 19.9 Å². The van der Waals surface area contributed by atoms with Gasteiger partial charge >= 0.3 is 0 Å². The standard InChI is InChI=1S/C8H11NOS.H2S/c1-6(2)9-8(10)7-4-3-5-11-7;/h3-6H,1-2H3,(H,9,10);1H2. The summed E-state index contributed by atoms with van der Waals surface area (Å²) in [5, 5.41) is 4.71. The van der Waals surface area contributed by atoms with Crippen LogP contribution in [0.1, 0.15) is 23.5 Å². The molecule has 1 amide bonds. The predicted molar refractivity (Wildman–Crippen MR) is 57.3 cm³/mol. The molecule has 68 valence electrons. The summed E-state index contributed by atoms with van der Waals surface area (Å²) >= 11 is 1.46. The third-order valence-electron chi connectivity index (χ3n) is 1.16. The highest BCUT2D eigenvalue weighted by molar-refractivity contribution is 7.59. The third kappa shape index (κ3) is 3.28. The second-order valence-electron chi connectivity index (χ2n) is 2.61. The Balaban J connectivity index is 0.00000121. The van der Waals surface area contributed by atoms with Gasteiger partial charge in [0.25, 0.3) is 5.91 Å². The highest BCUT2D eigenvalue weighted by Gasteiger charge is 2.05. The van der Waals surface area contributed by atoms with Crippen molar-refractivity contribution in [3.8, 4) is 0 Å². The normalized spacial score (nSPS) is 9.25. The Kier molecular flexibility index (Phi) is 5.01. The number of amides is 1. The van der Waals surface area contributed by atoms with E-state index in [1.54, 1.807) is 0 Å². The van der Waals surface area contributed by atoms with Crippen LogP contribution in [0.2, 0.25) is 0 Å². The second kappa shape index (κ2) is 5.22. The fraction of sp³-hybridized carbons (Fsp3) is 0.375. The van der Waals surface area contributed by atoms with E-state index in [1.165, 1.54) is 11.3 Å². The summed E-state index contributed by atoms with van der Waals surface area (Å²) in [4.78, 5) is 12.0. The first-order valence-electron chi connectivity index (χ1n) is 3.54. The van der Waals surface area contributed by atoms with Crippen molar-refractivity contribution in [2.75, 3.05) is 0 Å². The van der Waals surface area contributed by atoms with Crippen molar-refractivity contribution in [1.29, 1.82) is 0 Å². The minimum absolute atomic E-state index is 0. The first-order chi connectivity index (χ1) is 5.20. The summed E-state index contributed by atoms with van der Waals surface area (Å²) in [5.74, 6) is 0.0231. The average molecular weight is 203 g/mol. The van der Waals surface area contributed by atoms with Crippen LogP contribution in [-0.4, -0.2) is 11.9 Å². The average Bonchev–Trinajstić information content (AvgIpc) is 2.35. The van der Waals surface area contributed by atoms with E-state index in [0.717, 1.165) is 4.88 Å². The summed E-state index contributed by atoms with van der Waals surface area (Å²) in [5.41, 5.74) is 0.